The monoisotopic (exact) mass is 344 g/mol. The molecule has 0 aliphatic rings. The van der Waals surface area contributed by atoms with Gasteiger partial charge in [0.1, 0.15) is 5.75 Å². The summed E-state index contributed by atoms with van der Waals surface area (Å²) < 4.78 is 5.59. The van der Waals surface area contributed by atoms with Crippen molar-refractivity contribution in [1.29, 1.82) is 0 Å². The second-order valence-electron chi connectivity index (χ2n) is 5.75. The largest absolute Gasteiger partial charge is 0.483 e. The number of amides is 1. The molecule has 0 aliphatic heterocycles. The van der Waals surface area contributed by atoms with Crippen LogP contribution in [-0.2, 0) is 11.2 Å². The molecule has 0 saturated carbocycles. The van der Waals surface area contributed by atoms with Crippen molar-refractivity contribution >= 4 is 22.9 Å². The van der Waals surface area contributed by atoms with Crippen molar-refractivity contribution < 1.29 is 9.53 Å². The highest BCUT2D eigenvalue weighted by atomic mass is 16.5. The lowest BCUT2D eigenvalue weighted by molar-refractivity contribution is -0.123. The normalized spacial score (nSPS) is 10.8. The Morgan fingerprint density at radius 3 is 2.69 bits per heavy atom. The second kappa shape index (κ2) is 8.62. The van der Waals surface area contributed by atoms with Crippen LogP contribution >= 0.6 is 0 Å². The average Bonchev–Trinajstić information content (AvgIpc) is 2.68. The molecule has 0 saturated heterocycles. The molecular formula is C22H20N2O2. The highest BCUT2D eigenvalue weighted by Gasteiger charge is 2.05. The van der Waals surface area contributed by atoms with Crippen LogP contribution in [0.15, 0.2) is 84.5 Å². The predicted octanol–water partition coefficient (Wildman–Crippen LogP) is 4.10. The van der Waals surface area contributed by atoms with Gasteiger partial charge in [0.05, 0.1) is 6.21 Å². The number of ether oxygens (including phenoxy) is 1. The zero-order valence-corrected chi connectivity index (χ0v) is 14.4. The number of benzene rings is 3. The van der Waals surface area contributed by atoms with Crippen LogP contribution < -0.4 is 10.2 Å². The maximum Gasteiger partial charge on any atom is 0.277 e. The van der Waals surface area contributed by atoms with Crippen molar-refractivity contribution in [1.82, 2.24) is 5.43 Å². The van der Waals surface area contributed by atoms with Crippen LogP contribution in [-0.4, -0.2) is 18.7 Å². The molecule has 3 rings (SSSR count). The third-order valence-corrected chi connectivity index (χ3v) is 3.91. The van der Waals surface area contributed by atoms with Gasteiger partial charge in [-0.25, -0.2) is 5.43 Å². The summed E-state index contributed by atoms with van der Waals surface area (Å²) in [6.45, 7) is 3.63. The molecule has 0 heterocycles. The first-order valence-corrected chi connectivity index (χ1v) is 8.39. The van der Waals surface area contributed by atoms with Gasteiger partial charge in [-0.3, -0.25) is 4.79 Å². The van der Waals surface area contributed by atoms with Gasteiger partial charge < -0.3 is 4.74 Å². The fourth-order valence-corrected chi connectivity index (χ4v) is 2.68. The summed E-state index contributed by atoms with van der Waals surface area (Å²) in [7, 11) is 0. The molecule has 3 aromatic rings. The number of carbonyl (C=O) groups is 1. The minimum Gasteiger partial charge on any atom is -0.483 e. The van der Waals surface area contributed by atoms with E-state index in [1.807, 2.05) is 66.7 Å². The molecule has 0 fully saturated rings. The lowest BCUT2D eigenvalue weighted by atomic mass is 10.1. The molecule has 1 N–H and O–H groups in total. The van der Waals surface area contributed by atoms with Gasteiger partial charge in [-0.2, -0.15) is 5.10 Å². The molecule has 130 valence electrons. The van der Waals surface area contributed by atoms with Gasteiger partial charge in [-0.1, -0.05) is 66.7 Å². The van der Waals surface area contributed by atoms with Crippen LogP contribution in [0, 0.1) is 0 Å². The van der Waals surface area contributed by atoms with E-state index in [1.165, 1.54) is 0 Å². The number of rotatable bonds is 7. The van der Waals surface area contributed by atoms with Crippen LogP contribution in [0.4, 0.5) is 0 Å². The molecule has 4 nitrogen and oxygen atoms in total. The van der Waals surface area contributed by atoms with Gasteiger partial charge in [0, 0.05) is 5.56 Å². The van der Waals surface area contributed by atoms with E-state index in [2.05, 4.69) is 17.1 Å². The van der Waals surface area contributed by atoms with Gasteiger partial charge in [0.25, 0.3) is 5.91 Å². The summed E-state index contributed by atoms with van der Waals surface area (Å²) in [5.41, 5.74) is 4.44. The summed E-state index contributed by atoms with van der Waals surface area (Å²) >= 11 is 0. The van der Waals surface area contributed by atoms with Crippen molar-refractivity contribution in [3.8, 4) is 5.75 Å². The fraction of sp³-hybridized carbons (Fsp3) is 0.0909. The molecular weight excluding hydrogens is 324 g/mol. The number of para-hydroxylation sites is 1. The van der Waals surface area contributed by atoms with Crippen LogP contribution in [0.5, 0.6) is 5.75 Å². The van der Waals surface area contributed by atoms with E-state index in [9.17, 15) is 4.79 Å². The molecule has 0 unspecified atom stereocenters. The summed E-state index contributed by atoms with van der Waals surface area (Å²) in [5.74, 6) is 0.371. The number of hydrazone groups is 1. The number of nitrogens with zero attached hydrogens (tertiary/aromatic N) is 1. The molecule has 26 heavy (non-hydrogen) atoms. The Bertz CT molecular complexity index is 942. The quantitative estimate of drug-likeness (QED) is 0.399. The minimum atomic E-state index is -0.310. The van der Waals surface area contributed by atoms with Gasteiger partial charge in [-0.15, -0.1) is 6.58 Å². The molecule has 0 bridgehead atoms. The van der Waals surface area contributed by atoms with E-state index in [-0.39, 0.29) is 12.5 Å². The summed E-state index contributed by atoms with van der Waals surface area (Å²) in [4.78, 5) is 12.0. The maximum absolute atomic E-state index is 12.0. The Hall–Kier alpha value is -3.40. The smallest absolute Gasteiger partial charge is 0.277 e. The van der Waals surface area contributed by atoms with Crippen LogP contribution in [0.25, 0.3) is 10.8 Å². The molecule has 0 spiro atoms. The first-order valence-electron chi connectivity index (χ1n) is 8.39. The van der Waals surface area contributed by atoms with E-state index in [0.717, 1.165) is 21.9 Å². The molecule has 1 amide bonds. The minimum absolute atomic E-state index is 0.0962. The summed E-state index contributed by atoms with van der Waals surface area (Å²) in [6, 6.07) is 21.6. The summed E-state index contributed by atoms with van der Waals surface area (Å²) in [5, 5.41) is 6.26. The highest BCUT2D eigenvalue weighted by Crippen LogP contribution is 2.18. The van der Waals surface area contributed by atoms with E-state index in [4.69, 9.17) is 4.74 Å². The van der Waals surface area contributed by atoms with E-state index < -0.39 is 0 Å². The fourth-order valence-electron chi connectivity index (χ4n) is 2.68. The van der Waals surface area contributed by atoms with E-state index in [0.29, 0.717) is 12.2 Å². The van der Waals surface area contributed by atoms with Crippen molar-refractivity contribution in [3.63, 3.8) is 0 Å². The zero-order chi connectivity index (χ0) is 18.2. The molecule has 4 heteroatoms. The molecule has 3 aromatic carbocycles. The Labute approximate surface area is 152 Å². The highest BCUT2D eigenvalue weighted by molar-refractivity contribution is 5.99. The van der Waals surface area contributed by atoms with Gasteiger partial charge in [0.2, 0.25) is 0 Å². The second-order valence-corrected chi connectivity index (χ2v) is 5.75. The van der Waals surface area contributed by atoms with Crippen molar-refractivity contribution in [2.75, 3.05) is 6.61 Å². The lowest BCUT2D eigenvalue weighted by Gasteiger charge is -2.09. The standard InChI is InChI=1S/C22H20N2O2/c1-2-8-18-10-4-6-14-21(18)26-16-22(25)24-23-15-19-12-7-11-17-9-3-5-13-20(17)19/h2-7,9-15H,1,8,16H2,(H,24,25). The van der Waals surface area contributed by atoms with Crippen molar-refractivity contribution in [2.45, 2.75) is 6.42 Å². The lowest BCUT2D eigenvalue weighted by Crippen LogP contribution is -2.24. The molecule has 0 atom stereocenters. The van der Waals surface area contributed by atoms with Gasteiger partial charge in [0.15, 0.2) is 6.61 Å². The Balaban J connectivity index is 1.59. The topological polar surface area (TPSA) is 50.7 Å². The maximum atomic E-state index is 12.0. The van der Waals surface area contributed by atoms with Crippen LogP contribution in [0.1, 0.15) is 11.1 Å². The van der Waals surface area contributed by atoms with Crippen molar-refractivity contribution in [3.05, 3.63) is 90.5 Å². The number of nitrogens with one attached hydrogen (secondary N) is 1. The SMILES string of the molecule is C=CCc1ccccc1OCC(=O)NN=Cc1cccc2ccccc12. The number of hydrogen-bond acceptors (Lipinski definition) is 3. The van der Waals surface area contributed by atoms with Crippen LogP contribution in [0.3, 0.4) is 0 Å². The first kappa shape index (κ1) is 17.4. The van der Waals surface area contributed by atoms with E-state index in [1.54, 1.807) is 12.3 Å². The van der Waals surface area contributed by atoms with Crippen molar-refractivity contribution in [2.24, 2.45) is 5.10 Å². The molecule has 0 radical (unpaired) electrons. The van der Waals surface area contributed by atoms with E-state index >= 15 is 0 Å². The first-order chi connectivity index (χ1) is 12.8. The third-order valence-electron chi connectivity index (χ3n) is 3.91. The van der Waals surface area contributed by atoms with Gasteiger partial charge >= 0.3 is 0 Å². The number of allylic oxidation sites excluding steroid dienone is 1. The number of hydrogen-bond donors (Lipinski definition) is 1. The molecule has 0 aliphatic carbocycles. The molecule has 0 aromatic heterocycles. The Kier molecular flexibility index (Phi) is 5.78. The Morgan fingerprint density at radius 1 is 1.04 bits per heavy atom. The zero-order valence-electron chi connectivity index (χ0n) is 14.4. The van der Waals surface area contributed by atoms with Crippen LogP contribution in [0.2, 0.25) is 0 Å². The number of carbonyl (C=O) groups excluding carboxylic acids is 1. The predicted molar refractivity (Wildman–Crippen MR) is 106 cm³/mol. The average molecular weight is 344 g/mol. The Morgan fingerprint density at radius 2 is 1.81 bits per heavy atom. The van der Waals surface area contributed by atoms with Gasteiger partial charge in [-0.05, 0) is 28.8 Å². The summed E-state index contributed by atoms with van der Waals surface area (Å²) in [6.07, 6.45) is 4.14. The number of fused-ring (bicyclic) bond motifs is 1. The third kappa shape index (κ3) is 4.36.